The predicted molar refractivity (Wildman–Crippen MR) is 99.2 cm³/mol. The highest BCUT2D eigenvalue weighted by molar-refractivity contribution is 7.10. The van der Waals surface area contributed by atoms with Crippen molar-refractivity contribution >= 4 is 11.3 Å². The van der Waals surface area contributed by atoms with Crippen molar-refractivity contribution in [3.05, 3.63) is 81.8 Å². The maximum absolute atomic E-state index is 5.52. The zero-order chi connectivity index (χ0) is 16.8. The van der Waals surface area contributed by atoms with Crippen LogP contribution >= 0.6 is 11.3 Å². The summed E-state index contributed by atoms with van der Waals surface area (Å²) in [5.74, 6) is 0.941. The van der Waals surface area contributed by atoms with Gasteiger partial charge in [-0.2, -0.15) is 0 Å². The van der Waals surface area contributed by atoms with Crippen molar-refractivity contribution < 1.29 is 4.74 Å². The SMILES string of the molecule is COc1ccccc1CN(Cc1cccnc1)Cc1sccc1C. The zero-order valence-corrected chi connectivity index (χ0v) is 14.9. The van der Waals surface area contributed by atoms with E-state index in [1.807, 2.05) is 41.9 Å². The Bertz CT molecular complexity index is 770. The van der Waals surface area contributed by atoms with E-state index in [1.54, 1.807) is 7.11 Å². The summed E-state index contributed by atoms with van der Waals surface area (Å²) in [5.41, 5.74) is 3.79. The fourth-order valence-corrected chi connectivity index (χ4v) is 3.71. The molecule has 3 rings (SSSR count). The number of nitrogens with zero attached hydrogens (tertiary/aromatic N) is 2. The molecule has 0 unspecified atom stereocenters. The Labute approximate surface area is 147 Å². The largest absolute Gasteiger partial charge is 0.496 e. The normalized spacial score (nSPS) is 11.0. The van der Waals surface area contributed by atoms with Crippen LogP contribution in [0.5, 0.6) is 5.75 Å². The van der Waals surface area contributed by atoms with Gasteiger partial charge in [0.05, 0.1) is 7.11 Å². The molecule has 4 heteroatoms. The van der Waals surface area contributed by atoms with Crippen LogP contribution in [-0.2, 0) is 19.6 Å². The van der Waals surface area contributed by atoms with Gasteiger partial charge in [-0.15, -0.1) is 11.3 Å². The molecule has 2 aromatic heterocycles. The van der Waals surface area contributed by atoms with Crippen LogP contribution in [0.2, 0.25) is 0 Å². The first-order valence-electron chi connectivity index (χ1n) is 8.02. The fraction of sp³-hybridized carbons (Fsp3) is 0.250. The van der Waals surface area contributed by atoms with Gasteiger partial charge in [-0.25, -0.2) is 0 Å². The molecule has 24 heavy (non-hydrogen) atoms. The van der Waals surface area contributed by atoms with E-state index < -0.39 is 0 Å². The van der Waals surface area contributed by atoms with E-state index in [9.17, 15) is 0 Å². The Morgan fingerprint density at radius 3 is 2.62 bits per heavy atom. The number of aromatic nitrogens is 1. The molecule has 0 atom stereocenters. The fourth-order valence-electron chi connectivity index (χ4n) is 2.76. The first-order valence-corrected chi connectivity index (χ1v) is 8.90. The minimum absolute atomic E-state index is 0.843. The second-order valence-corrected chi connectivity index (χ2v) is 6.85. The molecule has 0 spiro atoms. The van der Waals surface area contributed by atoms with Gasteiger partial charge in [-0.1, -0.05) is 24.3 Å². The van der Waals surface area contributed by atoms with Gasteiger partial charge in [-0.3, -0.25) is 9.88 Å². The molecule has 0 aliphatic carbocycles. The minimum Gasteiger partial charge on any atom is -0.496 e. The van der Waals surface area contributed by atoms with Gasteiger partial charge in [0.15, 0.2) is 0 Å². The molecule has 124 valence electrons. The Kier molecular flexibility index (Phi) is 5.62. The van der Waals surface area contributed by atoms with Crippen LogP contribution in [0.25, 0.3) is 0 Å². The molecule has 0 saturated heterocycles. The smallest absolute Gasteiger partial charge is 0.123 e. The lowest BCUT2D eigenvalue weighted by Crippen LogP contribution is -2.22. The van der Waals surface area contributed by atoms with Gasteiger partial charge >= 0.3 is 0 Å². The number of rotatable bonds is 7. The summed E-state index contributed by atoms with van der Waals surface area (Å²) in [7, 11) is 1.73. The lowest BCUT2D eigenvalue weighted by Gasteiger charge is -2.23. The third kappa shape index (κ3) is 4.22. The van der Waals surface area contributed by atoms with Crippen molar-refractivity contribution in [2.24, 2.45) is 0 Å². The first-order chi connectivity index (χ1) is 11.8. The topological polar surface area (TPSA) is 25.4 Å². The Morgan fingerprint density at radius 1 is 1.04 bits per heavy atom. The van der Waals surface area contributed by atoms with E-state index in [0.29, 0.717) is 0 Å². The van der Waals surface area contributed by atoms with Crippen molar-refractivity contribution in [3.63, 3.8) is 0 Å². The van der Waals surface area contributed by atoms with E-state index in [-0.39, 0.29) is 0 Å². The van der Waals surface area contributed by atoms with E-state index in [1.165, 1.54) is 21.6 Å². The number of thiophene rings is 1. The van der Waals surface area contributed by atoms with Gasteiger partial charge in [0.25, 0.3) is 0 Å². The molecule has 3 nitrogen and oxygen atoms in total. The number of hydrogen-bond donors (Lipinski definition) is 0. The van der Waals surface area contributed by atoms with E-state index in [0.717, 1.165) is 25.4 Å². The number of para-hydroxylation sites is 1. The van der Waals surface area contributed by atoms with Crippen LogP contribution in [0.4, 0.5) is 0 Å². The third-order valence-electron chi connectivity index (χ3n) is 4.05. The van der Waals surface area contributed by atoms with Crippen LogP contribution in [0, 0.1) is 6.92 Å². The van der Waals surface area contributed by atoms with Gasteiger partial charge < -0.3 is 4.74 Å². The Hall–Kier alpha value is -2.17. The van der Waals surface area contributed by atoms with Crippen LogP contribution in [0.1, 0.15) is 21.6 Å². The molecule has 1 aromatic carbocycles. The summed E-state index contributed by atoms with van der Waals surface area (Å²) in [6, 6.07) is 14.5. The van der Waals surface area contributed by atoms with Crippen molar-refractivity contribution in [3.8, 4) is 5.75 Å². The Balaban J connectivity index is 1.82. The van der Waals surface area contributed by atoms with Crippen molar-refractivity contribution in [2.75, 3.05) is 7.11 Å². The van der Waals surface area contributed by atoms with E-state index in [2.05, 4.69) is 46.5 Å². The summed E-state index contributed by atoms with van der Waals surface area (Å²) in [5, 5.41) is 2.16. The number of hydrogen-bond acceptors (Lipinski definition) is 4. The standard InChI is InChI=1S/C20H22N2OS/c1-16-9-11-24-20(16)15-22(13-17-6-5-10-21-12-17)14-18-7-3-4-8-19(18)23-2/h3-12H,13-15H2,1-2H3. The predicted octanol–water partition coefficient (Wildman–Crippen LogP) is 4.66. The number of methoxy groups -OCH3 is 1. The molecule has 3 aromatic rings. The molecule has 2 heterocycles. The quantitative estimate of drug-likeness (QED) is 0.626. The molecule has 0 aliphatic rings. The first kappa shape index (κ1) is 16.7. The van der Waals surface area contributed by atoms with Crippen LogP contribution < -0.4 is 4.74 Å². The van der Waals surface area contributed by atoms with Gasteiger partial charge in [0, 0.05) is 42.5 Å². The summed E-state index contributed by atoms with van der Waals surface area (Å²) in [6.45, 7) is 4.81. The van der Waals surface area contributed by atoms with Gasteiger partial charge in [-0.05, 0) is 41.6 Å². The molecular weight excluding hydrogens is 316 g/mol. The molecule has 0 N–H and O–H groups in total. The average molecular weight is 338 g/mol. The molecule has 0 fully saturated rings. The van der Waals surface area contributed by atoms with Crippen molar-refractivity contribution in [1.29, 1.82) is 0 Å². The van der Waals surface area contributed by atoms with Gasteiger partial charge in [0.2, 0.25) is 0 Å². The third-order valence-corrected chi connectivity index (χ3v) is 5.06. The summed E-state index contributed by atoms with van der Waals surface area (Å²) in [4.78, 5) is 8.09. The summed E-state index contributed by atoms with van der Waals surface area (Å²) in [6.07, 6.45) is 3.76. The lowest BCUT2D eigenvalue weighted by molar-refractivity contribution is 0.245. The van der Waals surface area contributed by atoms with E-state index >= 15 is 0 Å². The van der Waals surface area contributed by atoms with Gasteiger partial charge in [0.1, 0.15) is 5.75 Å². The summed E-state index contributed by atoms with van der Waals surface area (Å²) < 4.78 is 5.52. The summed E-state index contributed by atoms with van der Waals surface area (Å²) >= 11 is 1.82. The molecule has 0 radical (unpaired) electrons. The van der Waals surface area contributed by atoms with Crippen molar-refractivity contribution in [2.45, 2.75) is 26.6 Å². The highest BCUT2D eigenvalue weighted by Gasteiger charge is 2.13. The molecular formula is C20H22N2OS. The second kappa shape index (κ2) is 8.08. The maximum Gasteiger partial charge on any atom is 0.123 e. The average Bonchev–Trinajstić information content (AvgIpc) is 3.01. The highest BCUT2D eigenvalue weighted by atomic mass is 32.1. The molecule has 0 bridgehead atoms. The molecule has 0 saturated carbocycles. The van der Waals surface area contributed by atoms with E-state index in [4.69, 9.17) is 4.74 Å². The molecule has 0 amide bonds. The second-order valence-electron chi connectivity index (χ2n) is 5.85. The number of benzene rings is 1. The maximum atomic E-state index is 5.52. The molecule has 0 aliphatic heterocycles. The van der Waals surface area contributed by atoms with Crippen molar-refractivity contribution in [1.82, 2.24) is 9.88 Å². The zero-order valence-electron chi connectivity index (χ0n) is 14.1. The lowest BCUT2D eigenvalue weighted by atomic mass is 10.1. The van der Waals surface area contributed by atoms with Crippen LogP contribution in [0.15, 0.2) is 60.2 Å². The number of aryl methyl sites for hydroxylation is 1. The Morgan fingerprint density at radius 2 is 1.92 bits per heavy atom. The number of pyridine rings is 1. The van der Waals surface area contributed by atoms with Crippen LogP contribution in [-0.4, -0.2) is 17.0 Å². The highest BCUT2D eigenvalue weighted by Crippen LogP contribution is 2.24. The minimum atomic E-state index is 0.843. The monoisotopic (exact) mass is 338 g/mol. The van der Waals surface area contributed by atoms with Crippen LogP contribution in [0.3, 0.4) is 0 Å². The number of ether oxygens (including phenoxy) is 1.